The summed E-state index contributed by atoms with van der Waals surface area (Å²) < 4.78 is 5.74. The Balaban J connectivity index is 1.90. The molecule has 0 aliphatic heterocycles. The van der Waals surface area contributed by atoms with Crippen LogP contribution in [0.2, 0.25) is 0 Å². The Morgan fingerprint density at radius 2 is 1.95 bits per heavy atom. The molecule has 4 nitrogen and oxygen atoms in total. The average Bonchev–Trinajstić information content (AvgIpc) is 3.18. The van der Waals surface area contributed by atoms with Crippen LogP contribution in [0.4, 0.5) is 0 Å². The van der Waals surface area contributed by atoms with E-state index < -0.39 is 0 Å². The standard InChI is InChI=1S/C16H17N3OS/c1-3-12-9-10-13(20-12)15-18-19-16(21-15)14(17-2)11-7-5-4-6-8-11/h4-10,14,17H,3H2,1-2H3. The van der Waals surface area contributed by atoms with Gasteiger partial charge in [0, 0.05) is 6.42 Å². The lowest BCUT2D eigenvalue weighted by molar-refractivity contribution is 0.528. The summed E-state index contributed by atoms with van der Waals surface area (Å²) in [7, 11) is 1.93. The van der Waals surface area contributed by atoms with Gasteiger partial charge in [-0.1, -0.05) is 48.6 Å². The summed E-state index contributed by atoms with van der Waals surface area (Å²) in [6.45, 7) is 2.07. The van der Waals surface area contributed by atoms with Crippen LogP contribution in [0.15, 0.2) is 46.9 Å². The van der Waals surface area contributed by atoms with Crippen molar-refractivity contribution in [2.45, 2.75) is 19.4 Å². The quantitative estimate of drug-likeness (QED) is 0.781. The molecule has 3 aromatic rings. The van der Waals surface area contributed by atoms with Gasteiger partial charge in [0.1, 0.15) is 10.8 Å². The van der Waals surface area contributed by atoms with E-state index in [2.05, 4.69) is 34.6 Å². The van der Waals surface area contributed by atoms with E-state index in [9.17, 15) is 0 Å². The van der Waals surface area contributed by atoms with Crippen molar-refractivity contribution in [1.29, 1.82) is 0 Å². The van der Waals surface area contributed by atoms with Crippen LogP contribution < -0.4 is 5.32 Å². The predicted molar refractivity (Wildman–Crippen MR) is 84.3 cm³/mol. The Labute approximate surface area is 127 Å². The lowest BCUT2D eigenvalue weighted by atomic mass is 10.1. The maximum absolute atomic E-state index is 5.74. The molecule has 3 rings (SSSR count). The van der Waals surface area contributed by atoms with Crippen LogP contribution in [0.3, 0.4) is 0 Å². The first-order valence-corrected chi connectivity index (χ1v) is 7.78. The lowest BCUT2D eigenvalue weighted by Gasteiger charge is -2.12. The van der Waals surface area contributed by atoms with Crippen molar-refractivity contribution in [2.24, 2.45) is 0 Å². The zero-order valence-electron chi connectivity index (χ0n) is 12.0. The van der Waals surface area contributed by atoms with Crippen LogP contribution in [-0.4, -0.2) is 17.2 Å². The average molecular weight is 299 g/mol. The number of benzene rings is 1. The molecule has 1 atom stereocenters. The number of aromatic nitrogens is 2. The number of aryl methyl sites for hydroxylation is 1. The van der Waals surface area contributed by atoms with Crippen molar-refractivity contribution >= 4 is 11.3 Å². The number of hydrogen-bond donors (Lipinski definition) is 1. The topological polar surface area (TPSA) is 51.0 Å². The van der Waals surface area contributed by atoms with Gasteiger partial charge in [-0.25, -0.2) is 0 Å². The molecule has 0 bridgehead atoms. The van der Waals surface area contributed by atoms with Crippen molar-refractivity contribution in [2.75, 3.05) is 7.05 Å². The molecule has 1 N–H and O–H groups in total. The molecule has 5 heteroatoms. The number of nitrogens with zero attached hydrogens (tertiary/aromatic N) is 2. The largest absolute Gasteiger partial charge is 0.459 e. The van der Waals surface area contributed by atoms with E-state index in [0.29, 0.717) is 0 Å². The Morgan fingerprint density at radius 1 is 1.14 bits per heavy atom. The second-order valence-electron chi connectivity index (χ2n) is 4.70. The van der Waals surface area contributed by atoms with E-state index in [0.717, 1.165) is 28.0 Å². The van der Waals surface area contributed by atoms with Gasteiger partial charge in [-0.3, -0.25) is 0 Å². The highest BCUT2D eigenvalue weighted by atomic mass is 32.1. The Hall–Kier alpha value is -1.98. The Kier molecular flexibility index (Phi) is 4.13. The first-order valence-electron chi connectivity index (χ1n) is 6.96. The van der Waals surface area contributed by atoms with Gasteiger partial charge in [-0.2, -0.15) is 0 Å². The molecule has 2 heterocycles. The van der Waals surface area contributed by atoms with Crippen LogP contribution in [0, 0.1) is 0 Å². The fourth-order valence-electron chi connectivity index (χ4n) is 2.21. The zero-order chi connectivity index (χ0) is 14.7. The van der Waals surface area contributed by atoms with E-state index >= 15 is 0 Å². The highest BCUT2D eigenvalue weighted by Gasteiger charge is 2.18. The van der Waals surface area contributed by atoms with Crippen molar-refractivity contribution < 1.29 is 4.42 Å². The molecule has 0 aliphatic carbocycles. The van der Waals surface area contributed by atoms with Gasteiger partial charge in [0.2, 0.25) is 0 Å². The third-order valence-electron chi connectivity index (χ3n) is 3.33. The second-order valence-corrected chi connectivity index (χ2v) is 5.71. The predicted octanol–water partition coefficient (Wildman–Crippen LogP) is 3.67. The second kappa shape index (κ2) is 6.20. The van der Waals surface area contributed by atoms with Crippen molar-refractivity contribution in [3.63, 3.8) is 0 Å². The van der Waals surface area contributed by atoms with Crippen molar-refractivity contribution in [3.8, 4) is 10.8 Å². The molecule has 0 amide bonds. The third-order valence-corrected chi connectivity index (χ3v) is 4.33. The van der Waals surface area contributed by atoms with Crippen LogP contribution in [-0.2, 0) is 6.42 Å². The summed E-state index contributed by atoms with van der Waals surface area (Å²) in [5, 5.41) is 13.6. The molecule has 0 saturated carbocycles. The fraction of sp³-hybridized carbons (Fsp3) is 0.250. The van der Waals surface area contributed by atoms with Crippen LogP contribution in [0.5, 0.6) is 0 Å². The van der Waals surface area contributed by atoms with Gasteiger partial charge >= 0.3 is 0 Å². The normalized spacial score (nSPS) is 12.5. The summed E-state index contributed by atoms with van der Waals surface area (Å²) in [6.07, 6.45) is 0.884. The third kappa shape index (κ3) is 2.89. The number of rotatable bonds is 5. The lowest BCUT2D eigenvalue weighted by Crippen LogP contribution is -2.17. The molecule has 0 fully saturated rings. The van der Waals surface area contributed by atoms with Gasteiger partial charge < -0.3 is 9.73 Å². The van der Waals surface area contributed by atoms with E-state index in [1.165, 1.54) is 5.56 Å². The van der Waals surface area contributed by atoms with Gasteiger partial charge in [0.15, 0.2) is 10.8 Å². The van der Waals surface area contributed by atoms with Crippen molar-refractivity contribution in [1.82, 2.24) is 15.5 Å². The number of furan rings is 1. The fourth-order valence-corrected chi connectivity index (χ4v) is 3.16. The van der Waals surface area contributed by atoms with Crippen LogP contribution >= 0.6 is 11.3 Å². The summed E-state index contributed by atoms with van der Waals surface area (Å²) in [5.74, 6) is 1.76. The maximum Gasteiger partial charge on any atom is 0.183 e. The molecular formula is C16H17N3OS. The molecule has 21 heavy (non-hydrogen) atoms. The summed E-state index contributed by atoms with van der Waals surface area (Å²) in [5.41, 5.74) is 1.18. The maximum atomic E-state index is 5.74. The minimum absolute atomic E-state index is 0.0538. The smallest absolute Gasteiger partial charge is 0.183 e. The van der Waals surface area contributed by atoms with Gasteiger partial charge in [-0.15, -0.1) is 10.2 Å². The molecule has 0 saturated heterocycles. The van der Waals surface area contributed by atoms with E-state index in [1.54, 1.807) is 11.3 Å². The van der Waals surface area contributed by atoms with Gasteiger partial charge in [0.05, 0.1) is 6.04 Å². The number of hydrogen-bond acceptors (Lipinski definition) is 5. The van der Waals surface area contributed by atoms with Crippen LogP contribution in [0.25, 0.3) is 10.8 Å². The SMILES string of the molecule is CCc1ccc(-c2nnc(C(NC)c3ccccc3)s2)o1. The molecule has 2 aromatic heterocycles. The van der Waals surface area contributed by atoms with E-state index in [4.69, 9.17) is 4.42 Å². The molecule has 1 aromatic carbocycles. The van der Waals surface area contributed by atoms with Gasteiger partial charge in [0.25, 0.3) is 0 Å². The summed E-state index contributed by atoms with van der Waals surface area (Å²) in [6, 6.07) is 14.2. The molecule has 108 valence electrons. The van der Waals surface area contributed by atoms with Crippen LogP contribution in [0.1, 0.15) is 29.3 Å². The monoisotopic (exact) mass is 299 g/mol. The minimum Gasteiger partial charge on any atom is -0.459 e. The zero-order valence-corrected chi connectivity index (χ0v) is 12.9. The highest BCUT2D eigenvalue weighted by molar-refractivity contribution is 7.14. The minimum atomic E-state index is 0.0538. The van der Waals surface area contributed by atoms with E-state index in [1.807, 2.05) is 37.4 Å². The molecule has 0 radical (unpaired) electrons. The number of nitrogens with one attached hydrogen (secondary N) is 1. The summed E-state index contributed by atoms with van der Waals surface area (Å²) >= 11 is 1.56. The molecular weight excluding hydrogens is 282 g/mol. The van der Waals surface area contributed by atoms with Gasteiger partial charge in [-0.05, 0) is 24.7 Å². The first-order chi connectivity index (χ1) is 10.3. The Morgan fingerprint density at radius 3 is 2.62 bits per heavy atom. The molecule has 1 unspecified atom stereocenters. The summed E-state index contributed by atoms with van der Waals surface area (Å²) in [4.78, 5) is 0. The molecule has 0 spiro atoms. The molecule has 0 aliphatic rings. The highest BCUT2D eigenvalue weighted by Crippen LogP contribution is 2.30. The van der Waals surface area contributed by atoms with Crippen molar-refractivity contribution in [3.05, 3.63) is 58.8 Å². The first kappa shape index (κ1) is 14.0. The Bertz CT molecular complexity index is 705. The van der Waals surface area contributed by atoms with E-state index in [-0.39, 0.29) is 6.04 Å².